The van der Waals surface area contributed by atoms with Crippen LogP contribution in [0.25, 0.3) is 0 Å². The van der Waals surface area contributed by atoms with Crippen LogP contribution in [-0.4, -0.2) is 52.2 Å². The fourth-order valence-corrected chi connectivity index (χ4v) is 2.73. The molecule has 1 N–H and O–H groups in total. The van der Waals surface area contributed by atoms with Gasteiger partial charge in [-0.3, -0.25) is 4.79 Å². The smallest absolute Gasteiger partial charge is 0.239 e. The zero-order valence-corrected chi connectivity index (χ0v) is 14.1. The molecule has 0 aliphatic carbocycles. The largest absolute Gasteiger partial charge is 0.497 e. The standard InChI is InChI=1S/C14H22N2O5S/c1-5-8-16(22(4,18)19)10-14(17)15-12-7-6-11(20-2)9-13(12)21-3/h6-7,9H,5,8,10H2,1-4H3,(H,15,17). The molecule has 0 radical (unpaired) electrons. The SMILES string of the molecule is CCCN(CC(=O)Nc1ccc(OC)cc1OC)S(C)(=O)=O. The number of amides is 1. The second-order valence-electron chi connectivity index (χ2n) is 4.71. The van der Waals surface area contributed by atoms with E-state index in [0.29, 0.717) is 30.2 Å². The van der Waals surface area contributed by atoms with Gasteiger partial charge in [0.15, 0.2) is 0 Å². The molecule has 1 aromatic rings. The molecule has 0 spiro atoms. The van der Waals surface area contributed by atoms with Gasteiger partial charge in [-0.1, -0.05) is 6.92 Å². The van der Waals surface area contributed by atoms with Crippen molar-refractivity contribution >= 4 is 21.6 Å². The summed E-state index contributed by atoms with van der Waals surface area (Å²) in [7, 11) is -0.413. The van der Waals surface area contributed by atoms with Gasteiger partial charge in [0.05, 0.1) is 32.7 Å². The summed E-state index contributed by atoms with van der Waals surface area (Å²) in [5.41, 5.74) is 0.457. The number of sulfonamides is 1. The van der Waals surface area contributed by atoms with E-state index in [1.54, 1.807) is 18.2 Å². The summed E-state index contributed by atoms with van der Waals surface area (Å²) in [5.74, 6) is 0.607. The molecule has 0 atom stereocenters. The number of anilines is 1. The van der Waals surface area contributed by atoms with E-state index in [4.69, 9.17) is 9.47 Å². The van der Waals surface area contributed by atoms with Crippen LogP contribution in [0, 0.1) is 0 Å². The molecular formula is C14H22N2O5S. The van der Waals surface area contributed by atoms with Crippen LogP contribution in [0.4, 0.5) is 5.69 Å². The van der Waals surface area contributed by atoms with Crippen molar-refractivity contribution in [3.63, 3.8) is 0 Å². The Morgan fingerprint density at radius 1 is 1.27 bits per heavy atom. The maximum atomic E-state index is 12.1. The van der Waals surface area contributed by atoms with Crippen LogP contribution in [0.3, 0.4) is 0 Å². The highest BCUT2D eigenvalue weighted by molar-refractivity contribution is 7.88. The van der Waals surface area contributed by atoms with Crippen molar-refractivity contribution in [3.8, 4) is 11.5 Å². The topological polar surface area (TPSA) is 84.9 Å². The number of carbonyl (C=O) groups is 1. The number of rotatable bonds is 8. The molecule has 0 unspecified atom stereocenters. The van der Waals surface area contributed by atoms with Gasteiger partial charge < -0.3 is 14.8 Å². The van der Waals surface area contributed by atoms with E-state index in [0.717, 1.165) is 10.6 Å². The molecule has 22 heavy (non-hydrogen) atoms. The Morgan fingerprint density at radius 2 is 1.95 bits per heavy atom. The molecule has 0 aromatic heterocycles. The average molecular weight is 330 g/mol. The van der Waals surface area contributed by atoms with E-state index in [-0.39, 0.29) is 6.54 Å². The summed E-state index contributed by atoms with van der Waals surface area (Å²) in [6.45, 7) is 1.91. The van der Waals surface area contributed by atoms with Crippen LogP contribution < -0.4 is 14.8 Å². The molecule has 0 aliphatic rings. The Labute approximate surface area is 131 Å². The Morgan fingerprint density at radius 3 is 2.45 bits per heavy atom. The van der Waals surface area contributed by atoms with Crippen molar-refractivity contribution in [2.24, 2.45) is 0 Å². The van der Waals surface area contributed by atoms with Gasteiger partial charge >= 0.3 is 0 Å². The minimum Gasteiger partial charge on any atom is -0.497 e. The van der Waals surface area contributed by atoms with E-state index in [9.17, 15) is 13.2 Å². The lowest BCUT2D eigenvalue weighted by Gasteiger charge is -2.19. The molecule has 1 rings (SSSR count). The summed E-state index contributed by atoms with van der Waals surface area (Å²) < 4.78 is 34.6. The average Bonchev–Trinajstić information content (AvgIpc) is 2.46. The van der Waals surface area contributed by atoms with Crippen molar-refractivity contribution in [2.45, 2.75) is 13.3 Å². The number of hydrogen-bond acceptors (Lipinski definition) is 5. The number of ether oxygens (including phenoxy) is 2. The van der Waals surface area contributed by atoms with Crippen LogP contribution in [0.5, 0.6) is 11.5 Å². The maximum absolute atomic E-state index is 12.1. The first-order valence-corrected chi connectivity index (χ1v) is 8.63. The summed E-state index contributed by atoms with van der Waals surface area (Å²) in [6.07, 6.45) is 1.72. The third-order valence-electron chi connectivity index (χ3n) is 2.94. The van der Waals surface area contributed by atoms with Crippen molar-refractivity contribution in [1.82, 2.24) is 4.31 Å². The Balaban J connectivity index is 2.84. The fourth-order valence-electron chi connectivity index (χ4n) is 1.86. The quantitative estimate of drug-likeness (QED) is 0.777. The van der Waals surface area contributed by atoms with Gasteiger partial charge in [0.2, 0.25) is 15.9 Å². The minimum atomic E-state index is -3.42. The van der Waals surface area contributed by atoms with Crippen LogP contribution in [0.1, 0.15) is 13.3 Å². The first kappa shape index (κ1) is 18.2. The lowest BCUT2D eigenvalue weighted by Crippen LogP contribution is -2.37. The Hall–Kier alpha value is -1.80. The maximum Gasteiger partial charge on any atom is 0.239 e. The monoisotopic (exact) mass is 330 g/mol. The van der Waals surface area contributed by atoms with Crippen molar-refractivity contribution < 1.29 is 22.7 Å². The number of carbonyl (C=O) groups excluding carboxylic acids is 1. The zero-order chi connectivity index (χ0) is 16.8. The summed E-state index contributed by atoms with van der Waals surface area (Å²) in [5, 5.41) is 2.65. The molecule has 0 heterocycles. The Kier molecular flexibility index (Phi) is 6.63. The fraction of sp³-hybridized carbons (Fsp3) is 0.500. The summed E-state index contributed by atoms with van der Waals surface area (Å²) in [4.78, 5) is 12.1. The highest BCUT2D eigenvalue weighted by Crippen LogP contribution is 2.28. The predicted octanol–water partition coefficient (Wildman–Crippen LogP) is 1.31. The van der Waals surface area contributed by atoms with Crippen LogP contribution in [-0.2, 0) is 14.8 Å². The van der Waals surface area contributed by atoms with Crippen molar-refractivity contribution in [2.75, 3.05) is 38.9 Å². The number of nitrogens with zero attached hydrogens (tertiary/aromatic N) is 1. The van der Waals surface area contributed by atoms with Crippen molar-refractivity contribution in [3.05, 3.63) is 18.2 Å². The number of nitrogens with one attached hydrogen (secondary N) is 1. The number of hydrogen-bond donors (Lipinski definition) is 1. The van der Waals surface area contributed by atoms with E-state index < -0.39 is 15.9 Å². The van der Waals surface area contributed by atoms with E-state index in [1.165, 1.54) is 14.2 Å². The van der Waals surface area contributed by atoms with Gasteiger partial charge in [0, 0.05) is 12.6 Å². The number of methoxy groups -OCH3 is 2. The molecule has 1 amide bonds. The van der Waals surface area contributed by atoms with Gasteiger partial charge in [-0.15, -0.1) is 0 Å². The van der Waals surface area contributed by atoms with Crippen LogP contribution in [0.15, 0.2) is 18.2 Å². The molecule has 124 valence electrons. The normalized spacial score (nSPS) is 11.3. The molecule has 0 aliphatic heterocycles. The number of benzene rings is 1. The van der Waals surface area contributed by atoms with E-state index >= 15 is 0 Å². The van der Waals surface area contributed by atoms with Crippen LogP contribution in [0.2, 0.25) is 0 Å². The molecular weight excluding hydrogens is 308 g/mol. The first-order chi connectivity index (χ1) is 10.3. The van der Waals surface area contributed by atoms with Gasteiger partial charge in [0.25, 0.3) is 0 Å². The molecule has 8 heteroatoms. The highest BCUT2D eigenvalue weighted by atomic mass is 32.2. The van der Waals surface area contributed by atoms with E-state index in [1.807, 2.05) is 6.92 Å². The second kappa shape index (κ2) is 8.00. The summed E-state index contributed by atoms with van der Waals surface area (Å²) in [6, 6.07) is 4.95. The molecule has 0 fully saturated rings. The lowest BCUT2D eigenvalue weighted by molar-refractivity contribution is -0.116. The van der Waals surface area contributed by atoms with Gasteiger partial charge in [0.1, 0.15) is 11.5 Å². The third kappa shape index (κ3) is 5.19. The third-order valence-corrected chi connectivity index (χ3v) is 4.19. The second-order valence-corrected chi connectivity index (χ2v) is 6.69. The van der Waals surface area contributed by atoms with Gasteiger partial charge in [-0.2, -0.15) is 4.31 Å². The molecule has 0 bridgehead atoms. The molecule has 0 saturated heterocycles. The van der Waals surface area contributed by atoms with E-state index in [2.05, 4.69) is 5.32 Å². The summed E-state index contributed by atoms with van der Waals surface area (Å²) >= 11 is 0. The van der Waals surface area contributed by atoms with Gasteiger partial charge in [-0.05, 0) is 18.6 Å². The molecule has 0 saturated carbocycles. The highest BCUT2D eigenvalue weighted by Gasteiger charge is 2.20. The van der Waals surface area contributed by atoms with Crippen molar-refractivity contribution in [1.29, 1.82) is 0 Å². The van der Waals surface area contributed by atoms with Crippen LogP contribution >= 0.6 is 0 Å². The zero-order valence-electron chi connectivity index (χ0n) is 13.3. The molecule has 7 nitrogen and oxygen atoms in total. The minimum absolute atomic E-state index is 0.234. The lowest BCUT2D eigenvalue weighted by atomic mass is 10.2. The first-order valence-electron chi connectivity index (χ1n) is 6.78. The Bertz CT molecular complexity index is 616. The predicted molar refractivity (Wildman–Crippen MR) is 84.9 cm³/mol. The molecule has 1 aromatic carbocycles. The van der Waals surface area contributed by atoms with Gasteiger partial charge in [-0.25, -0.2) is 8.42 Å².